The van der Waals surface area contributed by atoms with Crippen LogP contribution in [0.5, 0.6) is 0 Å². The molecule has 1 heterocycles. The van der Waals surface area contributed by atoms with E-state index in [9.17, 15) is 4.39 Å². The Bertz CT molecular complexity index is 607. The molecule has 0 unspecified atom stereocenters. The average Bonchev–Trinajstić information content (AvgIpc) is 2.40. The van der Waals surface area contributed by atoms with Gasteiger partial charge in [-0.3, -0.25) is 0 Å². The molecule has 6 heteroatoms. The number of anilines is 3. The Hall–Kier alpha value is -2.21. The number of rotatable bonds is 4. The van der Waals surface area contributed by atoms with Crippen LogP contribution in [0.15, 0.2) is 18.2 Å². The summed E-state index contributed by atoms with van der Waals surface area (Å²) in [6, 6.07) is 4.75. The van der Waals surface area contributed by atoms with Gasteiger partial charge in [0, 0.05) is 17.7 Å². The van der Waals surface area contributed by atoms with Crippen LogP contribution in [0, 0.1) is 19.7 Å². The second-order valence-electron chi connectivity index (χ2n) is 4.60. The Kier molecular flexibility index (Phi) is 4.14. The maximum Gasteiger partial charge on any atom is 0.148 e. The molecule has 0 fully saturated rings. The minimum Gasteiger partial charge on any atom is -0.340 e. The van der Waals surface area contributed by atoms with Gasteiger partial charge in [-0.25, -0.2) is 20.2 Å². The van der Waals surface area contributed by atoms with Crippen LogP contribution in [0.1, 0.15) is 23.9 Å². The van der Waals surface area contributed by atoms with Crippen LogP contribution in [-0.4, -0.2) is 9.97 Å². The Balaban J connectivity index is 2.41. The van der Waals surface area contributed by atoms with E-state index in [1.54, 1.807) is 0 Å². The first kappa shape index (κ1) is 14.2. The van der Waals surface area contributed by atoms with Crippen LogP contribution >= 0.6 is 0 Å². The van der Waals surface area contributed by atoms with Gasteiger partial charge < -0.3 is 10.7 Å². The molecule has 4 N–H and O–H groups in total. The minimum atomic E-state index is -0.285. The summed E-state index contributed by atoms with van der Waals surface area (Å²) < 4.78 is 13.4. The zero-order chi connectivity index (χ0) is 14.7. The first-order valence-corrected chi connectivity index (χ1v) is 6.41. The lowest BCUT2D eigenvalue weighted by Crippen LogP contribution is -2.14. The summed E-state index contributed by atoms with van der Waals surface area (Å²) in [5.41, 5.74) is 4.83. The minimum absolute atomic E-state index is 0.285. The summed E-state index contributed by atoms with van der Waals surface area (Å²) in [5, 5.41) is 3.12. The van der Waals surface area contributed by atoms with Crippen LogP contribution in [0.3, 0.4) is 0 Å². The molecule has 0 saturated heterocycles. The molecule has 1 aromatic heterocycles. The summed E-state index contributed by atoms with van der Waals surface area (Å²) in [6.45, 7) is 5.65. The summed E-state index contributed by atoms with van der Waals surface area (Å²) in [5.74, 6) is 7.02. The van der Waals surface area contributed by atoms with E-state index in [0.717, 1.165) is 11.1 Å². The second kappa shape index (κ2) is 5.83. The number of hydrogen-bond acceptors (Lipinski definition) is 5. The fourth-order valence-electron chi connectivity index (χ4n) is 1.93. The molecule has 2 aromatic rings. The van der Waals surface area contributed by atoms with Crippen molar-refractivity contribution in [2.75, 3.05) is 10.7 Å². The van der Waals surface area contributed by atoms with Crippen LogP contribution in [0.4, 0.5) is 21.7 Å². The van der Waals surface area contributed by atoms with Crippen molar-refractivity contribution in [3.63, 3.8) is 0 Å². The van der Waals surface area contributed by atoms with Crippen LogP contribution in [0.2, 0.25) is 0 Å². The van der Waals surface area contributed by atoms with Crippen molar-refractivity contribution in [1.82, 2.24) is 9.97 Å². The van der Waals surface area contributed by atoms with Crippen molar-refractivity contribution in [2.24, 2.45) is 5.84 Å². The number of nitrogens with one attached hydrogen (secondary N) is 2. The monoisotopic (exact) mass is 275 g/mol. The van der Waals surface area contributed by atoms with Crippen molar-refractivity contribution in [3.05, 3.63) is 41.0 Å². The molecule has 0 spiro atoms. The molecule has 2 rings (SSSR count). The fraction of sp³-hybridized carbons (Fsp3) is 0.286. The van der Waals surface area contributed by atoms with Crippen LogP contribution < -0.4 is 16.6 Å². The van der Waals surface area contributed by atoms with Crippen molar-refractivity contribution >= 4 is 17.3 Å². The van der Waals surface area contributed by atoms with E-state index in [2.05, 4.69) is 20.7 Å². The number of benzene rings is 1. The highest BCUT2D eigenvalue weighted by Crippen LogP contribution is 2.24. The molecule has 1 aromatic carbocycles. The van der Waals surface area contributed by atoms with Crippen LogP contribution in [-0.2, 0) is 6.42 Å². The lowest BCUT2D eigenvalue weighted by Gasteiger charge is -2.13. The van der Waals surface area contributed by atoms with Gasteiger partial charge in [0.1, 0.15) is 23.3 Å². The zero-order valence-electron chi connectivity index (χ0n) is 11.8. The van der Waals surface area contributed by atoms with Gasteiger partial charge in [-0.2, -0.15) is 0 Å². The molecular weight excluding hydrogens is 257 g/mol. The fourth-order valence-corrected chi connectivity index (χ4v) is 1.93. The number of aryl methyl sites for hydroxylation is 2. The summed E-state index contributed by atoms with van der Waals surface area (Å²) in [6.07, 6.45) is 0.686. The van der Waals surface area contributed by atoms with Gasteiger partial charge in [0.15, 0.2) is 0 Å². The van der Waals surface area contributed by atoms with Crippen molar-refractivity contribution in [1.29, 1.82) is 0 Å². The summed E-state index contributed by atoms with van der Waals surface area (Å²) in [7, 11) is 0. The Morgan fingerprint density at radius 1 is 1.15 bits per heavy atom. The maximum absolute atomic E-state index is 13.4. The standard InChI is InChI=1S/C14H18FN5/c1-4-12-18-13(9(3)14(19-12)20-16)17-11-6-8(2)5-10(15)7-11/h5-7H,4,16H2,1-3H3,(H2,17,18,19,20). The van der Waals surface area contributed by atoms with Gasteiger partial charge in [0.2, 0.25) is 0 Å². The molecule has 0 saturated carbocycles. The summed E-state index contributed by atoms with van der Waals surface area (Å²) in [4.78, 5) is 8.70. The number of nitrogen functional groups attached to an aromatic ring is 1. The van der Waals surface area contributed by atoms with E-state index in [-0.39, 0.29) is 5.82 Å². The lowest BCUT2D eigenvalue weighted by atomic mass is 10.2. The van der Waals surface area contributed by atoms with E-state index >= 15 is 0 Å². The molecule has 0 atom stereocenters. The van der Waals surface area contributed by atoms with Gasteiger partial charge in [0.05, 0.1) is 0 Å². The first-order valence-electron chi connectivity index (χ1n) is 6.41. The lowest BCUT2D eigenvalue weighted by molar-refractivity contribution is 0.627. The Labute approximate surface area is 117 Å². The largest absolute Gasteiger partial charge is 0.340 e. The zero-order valence-corrected chi connectivity index (χ0v) is 11.8. The van der Waals surface area contributed by atoms with Crippen molar-refractivity contribution < 1.29 is 4.39 Å². The predicted octanol–water partition coefficient (Wildman–Crippen LogP) is 2.82. The molecule has 20 heavy (non-hydrogen) atoms. The SMILES string of the molecule is CCc1nc(NN)c(C)c(Nc2cc(C)cc(F)c2)n1. The predicted molar refractivity (Wildman–Crippen MR) is 78.4 cm³/mol. The normalized spacial score (nSPS) is 10.4. The third kappa shape index (κ3) is 3.03. The Morgan fingerprint density at radius 3 is 2.45 bits per heavy atom. The van der Waals surface area contributed by atoms with E-state index in [1.807, 2.05) is 26.8 Å². The third-order valence-electron chi connectivity index (χ3n) is 2.95. The highest BCUT2D eigenvalue weighted by molar-refractivity contribution is 5.65. The quantitative estimate of drug-likeness (QED) is 0.591. The number of halogens is 1. The van der Waals surface area contributed by atoms with E-state index < -0.39 is 0 Å². The molecule has 106 valence electrons. The number of nitrogens with two attached hydrogens (primary N) is 1. The average molecular weight is 275 g/mol. The molecule has 0 radical (unpaired) electrons. The highest BCUT2D eigenvalue weighted by Gasteiger charge is 2.10. The molecule has 0 aliphatic carbocycles. The maximum atomic E-state index is 13.4. The van der Waals surface area contributed by atoms with E-state index in [1.165, 1.54) is 12.1 Å². The van der Waals surface area contributed by atoms with Gasteiger partial charge in [0.25, 0.3) is 0 Å². The van der Waals surface area contributed by atoms with Gasteiger partial charge in [-0.1, -0.05) is 6.92 Å². The molecule has 0 aliphatic heterocycles. The van der Waals surface area contributed by atoms with Gasteiger partial charge in [-0.15, -0.1) is 0 Å². The topological polar surface area (TPSA) is 75.9 Å². The number of nitrogens with zero attached hydrogens (tertiary/aromatic N) is 2. The smallest absolute Gasteiger partial charge is 0.148 e. The summed E-state index contributed by atoms with van der Waals surface area (Å²) >= 11 is 0. The third-order valence-corrected chi connectivity index (χ3v) is 2.95. The molecule has 5 nitrogen and oxygen atoms in total. The number of aromatic nitrogens is 2. The van der Waals surface area contributed by atoms with E-state index in [0.29, 0.717) is 29.6 Å². The molecule has 0 amide bonds. The molecule has 0 aliphatic rings. The van der Waals surface area contributed by atoms with Crippen LogP contribution in [0.25, 0.3) is 0 Å². The second-order valence-corrected chi connectivity index (χ2v) is 4.60. The molecular formula is C14H18FN5. The number of hydrazine groups is 1. The van der Waals surface area contributed by atoms with Gasteiger partial charge in [-0.05, 0) is 37.6 Å². The molecule has 0 bridgehead atoms. The highest BCUT2D eigenvalue weighted by atomic mass is 19.1. The Morgan fingerprint density at radius 2 is 1.85 bits per heavy atom. The first-order chi connectivity index (χ1) is 9.53. The van der Waals surface area contributed by atoms with Crippen molar-refractivity contribution in [2.45, 2.75) is 27.2 Å². The van der Waals surface area contributed by atoms with Crippen molar-refractivity contribution in [3.8, 4) is 0 Å². The van der Waals surface area contributed by atoms with Gasteiger partial charge >= 0.3 is 0 Å². The van der Waals surface area contributed by atoms with E-state index in [4.69, 9.17) is 5.84 Å². The number of hydrogen-bond donors (Lipinski definition) is 3.